The Labute approximate surface area is 199 Å². The van der Waals surface area contributed by atoms with Gasteiger partial charge >= 0.3 is 5.97 Å². The molecule has 1 saturated heterocycles. The summed E-state index contributed by atoms with van der Waals surface area (Å²) in [6, 6.07) is 3.43. The molecule has 34 heavy (non-hydrogen) atoms. The second-order valence-electron chi connectivity index (χ2n) is 11.1. The second-order valence-corrected chi connectivity index (χ2v) is 11.1. The highest BCUT2D eigenvalue weighted by Gasteiger charge is 2.57. The van der Waals surface area contributed by atoms with Gasteiger partial charge in [0.05, 0.1) is 11.5 Å². The largest absolute Gasteiger partial charge is 0.451 e. The number of aryl methyl sites for hydroxylation is 1. The minimum absolute atomic E-state index is 0.0302. The van der Waals surface area contributed by atoms with Crippen LogP contribution in [0, 0.1) is 35.9 Å². The number of halogens is 1. The quantitative estimate of drug-likeness (QED) is 0.642. The number of ether oxygens (including phenoxy) is 1. The van der Waals surface area contributed by atoms with E-state index in [-0.39, 0.29) is 24.6 Å². The molecule has 7 nitrogen and oxygen atoms in total. The maximum absolute atomic E-state index is 13.8. The van der Waals surface area contributed by atoms with Crippen LogP contribution in [0.2, 0.25) is 0 Å². The summed E-state index contributed by atoms with van der Waals surface area (Å²) in [5.74, 6) is 0.00963. The Morgan fingerprint density at radius 3 is 2.32 bits per heavy atom. The number of rotatable bonds is 5. The van der Waals surface area contributed by atoms with Gasteiger partial charge in [-0.25, -0.2) is 9.18 Å². The minimum Gasteiger partial charge on any atom is -0.451 e. The summed E-state index contributed by atoms with van der Waals surface area (Å²) in [7, 11) is 0. The minimum atomic E-state index is -1.13. The normalized spacial score (nSPS) is 34.7. The van der Waals surface area contributed by atoms with Gasteiger partial charge in [0.2, 0.25) is 5.91 Å². The molecule has 4 aliphatic carbocycles. The number of hydrogen-bond acceptors (Lipinski definition) is 5. The molecule has 0 radical (unpaired) electrons. The molecule has 0 unspecified atom stereocenters. The van der Waals surface area contributed by atoms with E-state index in [1.165, 1.54) is 37.2 Å². The van der Waals surface area contributed by atoms with Gasteiger partial charge in [0.25, 0.3) is 5.91 Å². The topological polar surface area (TPSA) is 95.9 Å². The third kappa shape index (κ3) is 4.21. The first-order valence-electron chi connectivity index (χ1n) is 12.4. The average molecular weight is 473 g/mol. The fourth-order valence-corrected chi connectivity index (χ4v) is 7.16. The number of carbonyl (C=O) groups excluding carboxylic acids is 3. The zero-order chi connectivity index (χ0) is 24.2. The molecule has 3 atom stereocenters. The number of aliphatic hydroxyl groups excluding tert-OH is 1. The van der Waals surface area contributed by atoms with Gasteiger partial charge in [-0.1, -0.05) is 6.07 Å². The van der Waals surface area contributed by atoms with Gasteiger partial charge in [-0.05, 0) is 87.8 Å². The summed E-state index contributed by atoms with van der Waals surface area (Å²) in [5, 5.41) is 12.9. The molecular weight excluding hydrogens is 439 g/mol. The summed E-state index contributed by atoms with van der Waals surface area (Å²) in [5.41, 5.74) is 0.308. The van der Waals surface area contributed by atoms with Gasteiger partial charge in [-0.15, -0.1) is 0 Å². The van der Waals surface area contributed by atoms with Crippen molar-refractivity contribution in [1.29, 1.82) is 0 Å². The van der Waals surface area contributed by atoms with Crippen molar-refractivity contribution >= 4 is 23.5 Å². The first kappa shape index (κ1) is 23.3. The zero-order valence-corrected chi connectivity index (χ0v) is 19.8. The van der Waals surface area contributed by atoms with Crippen molar-refractivity contribution in [3.8, 4) is 0 Å². The Morgan fingerprint density at radius 2 is 1.74 bits per heavy atom. The number of likely N-dealkylation sites (tertiary alicyclic amines) is 1. The lowest BCUT2D eigenvalue weighted by Gasteiger charge is -2.56. The standard InChI is InChI=1S/C26H33FN2O5/c1-14-3-4-19(8-21(14)27)28-23(31)15(2)34-24(32)22-9-20(30)13-29(22)25(33)26-10-16-5-17(11-26)7-18(6-16)12-26/h3-4,8,15-18,20,22,30H,5-7,9-13H2,1-2H3,(H,28,31)/t15-,16?,17?,18?,20+,22+,26?/m0/s1. The molecule has 5 aliphatic rings. The van der Waals surface area contributed by atoms with Gasteiger partial charge in [0, 0.05) is 18.7 Å². The first-order chi connectivity index (χ1) is 16.1. The molecule has 4 saturated carbocycles. The fraction of sp³-hybridized carbons (Fsp3) is 0.654. The van der Waals surface area contributed by atoms with E-state index < -0.39 is 41.4 Å². The van der Waals surface area contributed by atoms with Gasteiger partial charge in [0.15, 0.2) is 6.10 Å². The number of nitrogens with one attached hydrogen (secondary N) is 1. The third-order valence-corrected chi connectivity index (χ3v) is 8.41. The molecule has 0 aromatic heterocycles. The van der Waals surface area contributed by atoms with E-state index in [0.29, 0.717) is 23.3 Å². The van der Waals surface area contributed by atoms with E-state index in [2.05, 4.69) is 5.32 Å². The second kappa shape index (κ2) is 8.63. The molecule has 184 valence electrons. The number of benzene rings is 1. The fourth-order valence-electron chi connectivity index (χ4n) is 7.16. The van der Waals surface area contributed by atoms with E-state index in [4.69, 9.17) is 4.74 Å². The van der Waals surface area contributed by atoms with Crippen LogP contribution in [0.25, 0.3) is 0 Å². The highest BCUT2D eigenvalue weighted by atomic mass is 19.1. The van der Waals surface area contributed by atoms with Crippen molar-refractivity contribution in [3.63, 3.8) is 0 Å². The van der Waals surface area contributed by atoms with Crippen LogP contribution in [0.5, 0.6) is 0 Å². The molecule has 1 aromatic carbocycles. The predicted molar refractivity (Wildman–Crippen MR) is 122 cm³/mol. The molecule has 0 spiro atoms. The maximum Gasteiger partial charge on any atom is 0.329 e. The van der Waals surface area contributed by atoms with Crippen LogP contribution in [0.15, 0.2) is 18.2 Å². The third-order valence-electron chi connectivity index (χ3n) is 8.41. The Hall–Kier alpha value is -2.48. The van der Waals surface area contributed by atoms with Crippen molar-refractivity contribution in [2.24, 2.45) is 23.2 Å². The summed E-state index contributed by atoms with van der Waals surface area (Å²) in [6.07, 6.45) is 4.41. The van der Waals surface area contributed by atoms with Crippen LogP contribution in [0.1, 0.15) is 57.4 Å². The number of aliphatic hydroxyl groups is 1. The molecule has 8 heteroatoms. The monoisotopic (exact) mass is 472 g/mol. The lowest BCUT2D eigenvalue weighted by atomic mass is 9.49. The summed E-state index contributed by atoms with van der Waals surface area (Å²) >= 11 is 0. The summed E-state index contributed by atoms with van der Waals surface area (Å²) in [4.78, 5) is 40.8. The average Bonchev–Trinajstić information content (AvgIpc) is 3.16. The molecule has 4 bridgehead atoms. The Kier molecular flexibility index (Phi) is 5.91. The molecule has 5 fully saturated rings. The van der Waals surface area contributed by atoms with E-state index in [9.17, 15) is 23.9 Å². The van der Waals surface area contributed by atoms with Gasteiger partial charge in [-0.2, -0.15) is 0 Å². The van der Waals surface area contributed by atoms with E-state index in [0.717, 1.165) is 19.3 Å². The van der Waals surface area contributed by atoms with E-state index in [1.54, 1.807) is 19.1 Å². The molecule has 1 aromatic rings. The molecule has 1 heterocycles. The van der Waals surface area contributed by atoms with Crippen molar-refractivity contribution in [2.45, 2.75) is 77.0 Å². The molecular formula is C26H33FN2O5. The summed E-state index contributed by atoms with van der Waals surface area (Å²) < 4.78 is 19.2. The molecule has 6 rings (SSSR count). The van der Waals surface area contributed by atoms with Gasteiger partial charge in [0.1, 0.15) is 11.9 Å². The van der Waals surface area contributed by atoms with Crippen LogP contribution < -0.4 is 5.32 Å². The van der Waals surface area contributed by atoms with Crippen molar-refractivity contribution in [3.05, 3.63) is 29.6 Å². The zero-order valence-electron chi connectivity index (χ0n) is 19.8. The van der Waals surface area contributed by atoms with Crippen LogP contribution in [0.4, 0.5) is 10.1 Å². The smallest absolute Gasteiger partial charge is 0.329 e. The lowest BCUT2D eigenvalue weighted by molar-refractivity contribution is -0.168. The first-order valence-corrected chi connectivity index (χ1v) is 12.4. The number of esters is 1. The van der Waals surface area contributed by atoms with Crippen molar-refractivity contribution < 1.29 is 28.6 Å². The Bertz CT molecular complexity index is 976. The number of amides is 2. The predicted octanol–water partition coefficient (Wildman–Crippen LogP) is 3.18. The Balaban J connectivity index is 1.25. The van der Waals surface area contributed by atoms with E-state index in [1.807, 2.05) is 0 Å². The highest BCUT2D eigenvalue weighted by Crippen LogP contribution is 2.60. The number of nitrogens with zero attached hydrogens (tertiary/aromatic N) is 1. The van der Waals surface area contributed by atoms with Crippen molar-refractivity contribution in [2.75, 3.05) is 11.9 Å². The molecule has 1 aliphatic heterocycles. The van der Waals surface area contributed by atoms with Crippen molar-refractivity contribution in [1.82, 2.24) is 4.90 Å². The SMILES string of the molecule is Cc1ccc(NC(=O)[C@H](C)OC(=O)[C@H]2C[C@@H](O)CN2C(=O)C23CC4CC(CC(C4)C2)C3)cc1F. The van der Waals surface area contributed by atoms with Crippen LogP contribution >= 0.6 is 0 Å². The summed E-state index contributed by atoms with van der Waals surface area (Å²) in [6.45, 7) is 3.18. The number of hydrogen-bond donors (Lipinski definition) is 2. The van der Waals surface area contributed by atoms with Gasteiger partial charge in [-0.3, -0.25) is 9.59 Å². The van der Waals surface area contributed by atoms with Crippen LogP contribution in [-0.4, -0.2) is 52.6 Å². The van der Waals surface area contributed by atoms with Crippen LogP contribution in [-0.2, 0) is 19.1 Å². The van der Waals surface area contributed by atoms with E-state index >= 15 is 0 Å². The lowest BCUT2D eigenvalue weighted by Crippen LogP contribution is -2.56. The Morgan fingerprint density at radius 1 is 1.12 bits per heavy atom. The molecule has 2 N–H and O–H groups in total. The highest BCUT2D eigenvalue weighted by molar-refractivity contribution is 5.96. The maximum atomic E-state index is 13.8. The molecule has 2 amide bonds. The number of carbonyl (C=O) groups is 3. The number of anilines is 1. The van der Waals surface area contributed by atoms with Gasteiger partial charge < -0.3 is 20.1 Å². The van der Waals surface area contributed by atoms with Crippen LogP contribution in [0.3, 0.4) is 0 Å². The number of β-amino-alcohol motifs (C(OH)–C–C–N with tert-alkyl or cyclic N) is 1.